The highest BCUT2D eigenvalue weighted by molar-refractivity contribution is 6.02. The van der Waals surface area contributed by atoms with Crippen molar-refractivity contribution in [3.05, 3.63) is 47.7 Å². The van der Waals surface area contributed by atoms with E-state index in [4.69, 9.17) is 4.74 Å². The van der Waals surface area contributed by atoms with E-state index in [0.29, 0.717) is 23.6 Å². The van der Waals surface area contributed by atoms with E-state index in [1.165, 1.54) is 31.6 Å². The van der Waals surface area contributed by atoms with Crippen LogP contribution in [0.1, 0.15) is 29.4 Å². The third-order valence-corrected chi connectivity index (χ3v) is 2.89. The molecule has 0 saturated carbocycles. The smallest absolute Gasteiger partial charge is 0.275 e. The molecule has 0 aliphatic rings. The van der Waals surface area contributed by atoms with Crippen LogP contribution in [0.4, 0.5) is 10.1 Å². The molecule has 0 radical (unpaired) electrons. The van der Waals surface area contributed by atoms with E-state index >= 15 is 0 Å². The second-order valence-corrected chi connectivity index (χ2v) is 4.45. The summed E-state index contributed by atoms with van der Waals surface area (Å²) >= 11 is 0. The van der Waals surface area contributed by atoms with Crippen LogP contribution < -0.4 is 10.1 Å². The van der Waals surface area contributed by atoms with Gasteiger partial charge in [0.05, 0.1) is 19.5 Å². The summed E-state index contributed by atoms with van der Waals surface area (Å²) in [5.74, 6) is -0.336. The highest BCUT2D eigenvalue weighted by atomic mass is 19.1. The molecule has 1 aromatic carbocycles. The molecule has 0 spiro atoms. The third-order valence-electron chi connectivity index (χ3n) is 2.89. The summed E-state index contributed by atoms with van der Waals surface area (Å²) in [5, 5.41) is 2.67. The second-order valence-electron chi connectivity index (χ2n) is 4.45. The number of methoxy groups -OCH3 is 1. The van der Waals surface area contributed by atoms with Crippen molar-refractivity contribution < 1.29 is 13.9 Å². The van der Waals surface area contributed by atoms with Crippen LogP contribution in [0.3, 0.4) is 0 Å². The molecule has 5 nitrogen and oxygen atoms in total. The molecule has 1 aromatic heterocycles. The van der Waals surface area contributed by atoms with E-state index < -0.39 is 5.91 Å². The van der Waals surface area contributed by atoms with Crippen LogP contribution in [0, 0.1) is 5.82 Å². The average Bonchev–Trinajstić information content (AvgIpc) is 2.51. The zero-order valence-corrected chi connectivity index (χ0v) is 11.9. The number of carbonyl (C=O) groups is 1. The number of rotatable bonds is 5. The van der Waals surface area contributed by atoms with E-state index in [0.717, 1.165) is 6.42 Å². The number of aromatic nitrogens is 2. The largest absolute Gasteiger partial charge is 0.480 e. The molecule has 0 aliphatic heterocycles. The van der Waals surface area contributed by atoms with Gasteiger partial charge in [0, 0.05) is 5.69 Å². The van der Waals surface area contributed by atoms with Crippen molar-refractivity contribution in [3.8, 4) is 5.88 Å². The van der Waals surface area contributed by atoms with Crippen molar-refractivity contribution in [1.29, 1.82) is 0 Å². The fourth-order valence-electron chi connectivity index (χ4n) is 1.85. The molecule has 0 aliphatic carbocycles. The highest BCUT2D eigenvalue weighted by Gasteiger charge is 2.10. The van der Waals surface area contributed by atoms with Crippen LogP contribution in [0.15, 0.2) is 30.6 Å². The molecule has 0 saturated heterocycles. The van der Waals surface area contributed by atoms with Gasteiger partial charge in [0.15, 0.2) is 0 Å². The lowest BCUT2D eigenvalue weighted by Crippen LogP contribution is -2.14. The molecule has 1 amide bonds. The van der Waals surface area contributed by atoms with Crippen molar-refractivity contribution in [3.63, 3.8) is 0 Å². The van der Waals surface area contributed by atoms with E-state index in [1.807, 2.05) is 6.92 Å². The number of hydrogen-bond acceptors (Lipinski definition) is 4. The van der Waals surface area contributed by atoms with Gasteiger partial charge in [-0.2, -0.15) is 0 Å². The maximum Gasteiger partial charge on any atom is 0.275 e. The number of halogens is 1. The van der Waals surface area contributed by atoms with Crippen molar-refractivity contribution >= 4 is 11.6 Å². The van der Waals surface area contributed by atoms with Crippen LogP contribution in [-0.2, 0) is 6.42 Å². The Morgan fingerprint density at radius 3 is 2.76 bits per heavy atom. The summed E-state index contributed by atoms with van der Waals surface area (Å²) in [4.78, 5) is 19.9. The van der Waals surface area contributed by atoms with Crippen LogP contribution in [-0.4, -0.2) is 23.0 Å². The number of ether oxygens (including phenoxy) is 1. The number of benzene rings is 1. The summed E-state index contributed by atoms with van der Waals surface area (Å²) in [5.41, 5.74) is 1.27. The van der Waals surface area contributed by atoms with Crippen molar-refractivity contribution in [2.45, 2.75) is 19.8 Å². The minimum Gasteiger partial charge on any atom is -0.480 e. The Morgan fingerprint density at radius 2 is 2.14 bits per heavy atom. The first kappa shape index (κ1) is 14.9. The van der Waals surface area contributed by atoms with E-state index in [1.54, 1.807) is 6.07 Å². The van der Waals surface area contributed by atoms with Gasteiger partial charge in [0.25, 0.3) is 5.91 Å². The molecule has 21 heavy (non-hydrogen) atoms. The van der Waals surface area contributed by atoms with Gasteiger partial charge in [-0.15, -0.1) is 0 Å². The highest BCUT2D eigenvalue weighted by Crippen LogP contribution is 2.17. The molecule has 0 atom stereocenters. The Hall–Kier alpha value is -2.50. The third kappa shape index (κ3) is 3.75. The Morgan fingerprint density at radius 1 is 1.33 bits per heavy atom. The molecule has 2 aromatic rings. The molecule has 0 fully saturated rings. The van der Waals surface area contributed by atoms with Gasteiger partial charge in [0.2, 0.25) is 5.88 Å². The molecule has 6 heteroatoms. The molecule has 1 heterocycles. The van der Waals surface area contributed by atoms with E-state index in [9.17, 15) is 9.18 Å². The zero-order chi connectivity index (χ0) is 15.2. The average molecular weight is 289 g/mol. The number of hydrogen-bond donors (Lipinski definition) is 1. The standard InChI is InChI=1S/C15H16FN3O2/c1-3-4-10-7-11(5-6-12(10)16)19-15(20)13-8-18-14(21-2)9-17-13/h5-9H,3-4H2,1-2H3,(H,19,20). The number of nitrogens with zero attached hydrogens (tertiary/aromatic N) is 2. The Labute approximate surface area is 122 Å². The van der Waals surface area contributed by atoms with Gasteiger partial charge >= 0.3 is 0 Å². The summed E-state index contributed by atoms with van der Waals surface area (Å²) in [6.45, 7) is 1.97. The summed E-state index contributed by atoms with van der Waals surface area (Å²) in [6, 6.07) is 4.50. The lowest BCUT2D eigenvalue weighted by Gasteiger charge is -2.08. The normalized spacial score (nSPS) is 10.2. The first-order chi connectivity index (χ1) is 10.1. The predicted octanol–water partition coefficient (Wildman–Crippen LogP) is 2.83. The Balaban J connectivity index is 2.13. The van der Waals surface area contributed by atoms with Gasteiger partial charge in [-0.05, 0) is 30.2 Å². The number of nitrogens with one attached hydrogen (secondary N) is 1. The van der Waals surface area contributed by atoms with Crippen molar-refractivity contribution in [2.24, 2.45) is 0 Å². The van der Waals surface area contributed by atoms with Gasteiger partial charge in [-0.3, -0.25) is 4.79 Å². The molecule has 0 unspecified atom stereocenters. The van der Waals surface area contributed by atoms with Crippen molar-refractivity contribution in [1.82, 2.24) is 9.97 Å². The quantitative estimate of drug-likeness (QED) is 0.919. The summed E-state index contributed by atoms with van der Waals surface area (Å²) < 4.78 is 18.4. The molecule has 110 valence electrons. The minimum atomic E-state index is -0.404. The number of anilines is 1. The summed E-state index contributed by atoms with van der Waals surface area (Å²) in [7, 11) is 1.47. The second kappa shape index (κ2) is 6.78. The van der Waals surface area contributed by atoms with Gasteiger partial charge in [-0.25, -0.2) is 14.4 Å². The SMILES string of the molecule is CCCc1cc(NC(=O)c2cnc(OC)cn2)ccc1F. The van der Waals surface area contributed by atoms with E-state index in [-0.39, 0.29) is 11.5 Å². The lowest BCUT2D eigenvalue weighted by molar-refractivity contribution is 0.102. The molecule has 0 bridgehead atoms. The number of amides is 1. The van der Waals surface area contributed by atoms with Gasteiger partial charge in [-0.1, -0.05) is 13.3 Å². The zero-order valence-electron chi connectivity index (χ0n) is 11.9. The molecular weight excluding hydrogens is 273 g/mol. The fraction of sp³-hybridized carbons (Fsp3) is 0.267. The lowest BCUT2D eigenvalue weighted by atomic mass is 10.1. The maximum atomic E-state index is 13.6. The molecular formula is C15H16FN3O2. The van der Waals surface area contributed by atoms with Gasteiger partial charge in [0.1, 0.15) is 11.5 Å². The van der Waals surface area contributed by atoms with Crippen LogP contribution in [0.25, 0.3) is 0 Å². The predicted molar refractivity (Wildman–Crippen MR) is 76.9 cm³/mol. The van der Waals surface area contributed by atoms with Crippen molar-refractivity contribution in [2.75, 3.05) is 12.4 Å². The van der Waals surface area contributed by atoms with Crippen LogP contribution in [0.2, 0.25) is 0 Å². The van der Waals surface area contributed by atoms with E-state index in [2.05, 4.69) is 15.3 Å². The maximum absolute atomic E-state index is 13.6. The topological polar surface area (TPSA) is 64.1 Å². The number of aryl methyl sites for hydroxylation is 1. The van der Waals surface area contributed by atoms with Gasteiger partial charge < -0.3 is 10.1 Å². The first-order valence-corrected chi connectivity index (χ1v) is 6.60. The monoisotopic (exact) mass is 289 g/mol. The Bertz CT molecular complexity index is 629. The minimum absolute atomic E-state index is 0.164. The number of carbonyl (C=O) groups excluding carboxylic acids is 1. The summed E-state index contributed by atoms with van der Waals surface area (Å²) in [6.07, 6.45) is 4.14. The Kier molecular flexibility index (Phi) is 4.81. The molecule has 2 rings (SSSR count). The molecule has 1 N–H and O–H groups in total. The first-order valence-electron chi connectivity index (χ1n) is 6.60. The van der Waals surface area contributed by atoms with Crippen LogP contribution in [0.5, 0.6) is 5.88 Å². The van der Waals surface area contributed by atoms with Crippen LogP contribution >= 0.6 is 0 Å². The fourth-order valence-corrected chi connectivity index (χ4v) is 1.85.